The van der Waals surface area contributed by atoms with Gasteiger partial charge in [0.2, 0.25) is 5.95 Å². The maximum absolute atomic E-state index is 13.2. The first kappa shape index (κ1) is 17.8. The van der Waals surface area contributed by atoms with E-state index in [1.54, 1.807) is 25.2 Å². The average molecular weight is 355 g/mol. The average Bonchev–Trinajstić information content (AvgIpc) is 2.63. The van der Waals surface area contributed by atoms with Crippen molar-refractivity contribution >= 4 is 22.8 Å². The van der Waals surface area contributed by atoms with Crippen molar-refractivity contribution in [3.05, 3.63) is 46.5 Å². The van der Waals surface area contributed by atoms with Crippen LogP contribution in [-0.2, 0) is 7.05 Å². The number of pyridine rings is 1. The summed E-state index contributed by atoms with van der Waals surface area (Å²) in [6, 6.07) is 7.59. The number of halogens is 1. The van der Waals surface area contributed by atoms with E-state index < -0.39 is 0 Å². The molecule has 0 saturated heterocycles. The van der Waals surface area contributed by atoms with Gasteiger partial charge in [-0.2, -0.15) is 9.97 Å². The zero-order chi connectivity index (χ0) is 18.7. The fraction of sp³-hybridized carbons (Fsp3) is 0.316. The summed E-state index contributed by atoms with van der Waals surface area (Å²) in [5.74, 6) is 0.364. The Labute approximate surface area is 150 Å². The second-order valence-electron chi connectivity index (χ2n) is 6.23. The normalized spacial score (nSPS) is 11.0. The number of anilines is 2. The largest absolute Gasteiger partial charge is 0.369 e. The third kappa shape index (κ3) is 3.51. The summed E-state index contributed by atoms with van der Waals surface area (Å²) < 4.78 is 14.7. The Kier molecular flexibility index (Phi) is 5.16. The van der Waals surface area contributed by atoms with E-state index in [2.05, 4.69) is 22.2 Å². The quantitative estimate of drug-likeness (QED) is 0.663. The Morgan fingerprint density at radius 2 is 1.92 bits per heavy atom. The number of nitrogens with two attached hydrogens (primary N) is 1. The molecule has 136 valence electrons. The molecule has 0 radical (unpaired) electrons. The maximum atomic E-state index is 13.2. The van der Waals surface area contributed by atoms with E-state index in [0.717, 1.165) is 25.8 Å². The number of hydrogen-bond donors (Lipinski definition) is 2. The van der Waals surface area contributed by atoms with Crippen molar-refractivity contribution in [2.45, 2.75) is 26.2 Å². The van der Waals surface area contributed by atoms with Gasteiger partial charge in [-0.25, -0.2) is 4.39 Å². The van der Waals surface area contributed by atoms with Crippen molar-refractivity contribution in [2.24, 2.45) is 7.05 Å². The molecule has 2 aromatic heterocycles. The van der Waals surface area contributed by atoms with Crippen molar-refractivity contribution in [1.82, 2.24) is 14.5 Å². The van der Waals surface area contributed by atoms with Gasteiger partial charge in [-0.15, -0.1) is 0 Å². The summed E-state index contributed by atoms with van der Waals surface area (Å²) in [7, 11) is 1.64. The van der Waals surface area contributed by atoms with Gasteiger partial charge in [0.1, 0.15) is 17.3 Å². The number of unbranched alkanes of at least 4 members (excludes halogenated alkanes) is 2. The van der Waals surface area contributed by atoms with Crippen LogP contribution in [0.2, 0.25) is 0 Å². The number of nitrogen functional groups attached to an aromatic ring is 1. The summed E-state index contributed by atoms with van der Waals surface area (Å²) in [6.07, 6.45) is 3.25. The van der Waals surface area contributed by atoms with Crippen LogP contribution in [0.5, 0.6) is 0 Å². The molecule has 0 atom stereocenters. The minimum Gasteiger partial charge on any atom is -0.369 e. The molecule has 2 heterocycles. The molecule has 3 N–H and O–H groups in total. The molecule has 0 saturated carbocycles. The Morgan fingerprint density at radius 1 is 1.19 bits per heavy atom. The third-order valence-electron chi connectivity index (χ3n) is 4.31. The minimum absolute atomic E-state index is 0.111. The van der Waals surface area contributed by atoms with Gasteiger partial charge in [-0.3, -0.25) is 9.36 Å². The fourth-order valence-corrected chi connectivity index (χ4v) is 2.90. The van der Waals surface area contributed by atoms with Crippen LogP contribution in [-0.4, -0.2) is 21.1 Å². The first-order valence-electron chi connectivity index (χ1n) is 8.68. The van der Waals surface area contributed by atoms with Crippen molar-refractivity contribution in [3.8, 4) is 11.1 Å². The van der Waals surface area contributed by atoms with Crippen LogP contribution in [0.3, 0.4) is 0 Å². The molecular weight excluding hydrogens is 333 g/mol. The van der Waals surface area contributed by atoms with Crippen molar-refractivity contribution < 1.29 is 4.39 Å². The van der Waals surface area contributed by atoms with Crippen molar-refractivity contribution in [3.63, 3.8) is 0 Å². The summed E-state index contributed by atoms with van der Waals surface area (Å²) >= 11 is 0. The predicted molar refractivity (Wildman–Crippen MR) is 103 cm³/mol. The number of rotatable bonds is 6. The molecular formula is C19H22FN5O. The molecule has 0 bridgehead atoms. The van der Waals surface area contributed by atoms with Crippen LogP contribution < -0.4 is 16.6 Å². The van der Waals surface area contributed by atoms with Gasteiger partial charge in [0.05, 0.1) is 5.39 Å². The second-order valence-corrected chi connectivity index (χ2v) is 6.23. The number of benzene rings is 1. The number of nitrogens with zero attached hydrogens (tertiary/aromatic N) is 3. The third-order valence-corrected chi connectivity index (χ3v) is 4.31. The molecule has 3 rings (SSSR count). The Hall–Kier alpha value is -2.96. The minimum atomic E-state index is -0.347. The van der Waals surface area contributed by atoms with Gasteiger partial charge in [-0.1, -0.05) is 31.9 Å². The first-order valence-corrected chi connectivity index (χ1v) is 8.68. The Morgan fingerprint density at radius 3 is 2.62 bits per heavy atom. The van der Waals surface area contributed by atoms with Crippen LogP contribution in [0, 0.1) is 5.82 Å². The van der Waals surface area contributed by atoms with Crippen LogP contribution >= 0.6 is 0 Å². The maximum Gasteiger partial charge on any atom is 0.259 e. The predicted octanol–water partition coefficient (Wildman–Crippen LogP) is 3.32. The molecule has 0 amide bonds. The molecule has 0 spiro atoms. The number of hydrogen-bond acceptors (Lipinski definition) is 5. The van der Waals surface area contributed by atoms with E-state index in [0.29, 0.717) is 28.0 Å². The molecule has 0 unspecified atom stereocenters. The lowest BCUT2D eigenvalue weighted by molar-refractivity contribution is 0.628. The Balaban J connectivity index is 2.13. The standard InChI is InChI=1S/C19H22FN5O/c1-3-4-5-10-22-16-15-11-14(12-6-8-13(20)9-7-12)18(26)25(2)17(15)24-19(21)23-16/h6-9,11H,3-5,10H2,1-2H3,(H3,21,22,23,24). The zero-order valence-corrected chi connectivity index (χ0v) is 14.9. The lowest BCUT2D eigenvalue weighted by atomic mass is 10.1. The highest BCUT2D eigenvalue weighted by Gasteiger charge is 2.14. The molecule has 7 heteroatoms. The molecule has 0 aliphatic heterocycles. The van der Waals surface area contributed by atoms with Crippen LogP contribution in [0.1, 0.15) is 26.2 Å². The molecule has 0 aliphatic rings. The molecule has 3 aromatic rings. The van der Waals surface area contributed by atoms with Gasteiger partial charge in [0.15, 0.2) is 0 Å². The summed E-state index contributed by atoms with van der Waals surface area (Å²) in [6.45, 7) is 2.90. The topological polar surface area (TPSA) is 85.8 Å². The van der Waals surface area contributed by atoms with Crippen LogP contribution in [0.25, 0.3) is 22.2 Å². The van der Waals surface area contributed by atoms with E-state index in [9.17, 15) is 9.18 Å². The van der Waals surface area contributed by atoms with Crippen molar-refractivity contribution in [2.75, 3.05) is 17.6 Å². The SMILES string of the molecule is CCCCCNc1nc(N)nc2c1cc(-c1ccc(F)cc1)c(=O)n2C. The molecule has 0 aliphatic carbocycles. The lowest BCUT2D eigenvalue weighted by Crippen LogP contribution is -2.21. The summed E-state index contributed by atoms with van der Waals surface area (Å²) in [5, 5.41) is 4.00. The first-order chi connectivity index (χ1) is 12.5. The van der Waals surface area contributed by atoms with E-state index >= 15 is 0 Å². The van der Waals surface area contributed by atoms with E-state index in [1.807, 2.05) is 0 Å². The summed E-state index contributed by atoms with van der Waals surface area (Å²) in [4.78, 5) is 21.3. The lowest BCUT2D eigenvalue weighted by Gasteiger charge is -2.13. The van der Waals surface area contributed by atoms with Gasteiger partial charge in [0, 0.05) is 19.2 Å². The monoisotopic (exact) mass is 355 g/mol. The number of fused-ring (bicyclic) bond motifs is 1. The molecule has 6 nitrogen and oxygen atoms in total. The molecule has 0 fully saturated rings. The van der Waals surface area contributed by atoms with Crippen LogP contribution in [0.4, 0.5) is 16.2 Å². The molecule has 26 heavy (non-hydrogen) atoms. The molecule has 1 aromatic carbocycles. The van der Waals surface area contributed by atoms with Gasteiger partial charge >= 0.3 is 0 Å². The van der Waals surface area contributed by atoms with Gasteiger partial charge in [0.25, 0.3) is 5.56 Å². The fourth-order valence-electron chi connectivity index (χ4n) is 2.90. The summed E-state index contributed by atoms with van der Waals surface area (Å²) in [5.41, 5.74) is 7.17. The number of nitrogens with one attached hydrogen (secondary N) is 1. The van der Waals surface area contributed by atoms with E-state index in [-0.39, 0.29) is 17.3 Å². The second kappa shape index (κ2) is 7.51. The van der Waals surface area contributed by atoms with E-state index in [4.69, 9.17) is 5.73 Å². The van der Waals surface area contributed by atoms with Crippen LogP contribution in [0.15, 0.2) is 35.1 Å². The number of aromatic nitrogens is 3. The highest BCUT2D eigenvalue weighted by Crippen LogP contribution is 2.25. The zero-order valence-electron chi connectivity index (χ0n) is 14.9. The van der Waals surface area contributed by atoms with Gasteiger partial charge in [-0.05, 0) is 30.2 Å². The van der Waals surface area contributed by atoms with Gasteiger partial charge < -0.3 is 11.1 Å². The number of aryl methyl sites for hydroxylation is 1. The smallest absolute Gasteiger partial charge is 0.259 e. The highest BCUT2D eigenvalue weighted by atomic mass is 19.1. The van der Waals surface area contributed by atoms with Crippen molar-refractivity contribution in [1.29, 1.82) is 0 Å². The highest BCUT2D eigenvalue weighted by molar-refractivity contribution is 5.91. The Bertz CT molecular complexity index is 982. The van der Waals surface area contributed by atoms with E-state index in [1.165, 1.54) is 16.7 Å².